The first-order valence-electron chi connectivity index (χ1n) is 11.8. The quantitative estimate of drug-likeness (QED) is 0.694. The maximum absolute atomic E-state index is 13.4. The topological polar surface area (TPSA) is 90.3 Å². The minimum Gasteiger partial charge on any atom is -0.354 e. The van der Waals surface area contributed by atoms with Gasteiger partial charge in [0.15, 0.2) is 0 Å². The van der Waals surface area contributed by atoms with Gasteiger partial charge in [-0.3, -0.25) is 4.79 Å². The lowest BCUT2D eigenvalue weighted by Gasteiger charge is -2.55. The normalized spacial score (nSPS) is 34.2. The molecule has 6 rings (SSSR count). The van der Waals surface area contributed by atoms with Gasteiger partial charge in [-0.05, 0) is 87.3 Å². The van der Waals surface area contributed by atoms with Gasteiger partial charge in [0.05, 0.1) is 16.7 Å². The number of hydrogen-bond donors (Lipinski definition) is 1. The van der Waals surface area contributed by atoms with Gasteiger partial charge in [-0.15, -0.1) is 0 Å². The second-order valence-electron chi connectivity index (χ2n) is 10.4. The molecule has 0 spiro atoms. The van der Waals surface area contributed by atoms with Gasteiger partial charge in [0, 0.05) is 24.5 Å². The number of rotatable bonds is 5. The molecule has 1 N–H and O–H groups in total. The van der Waals surface area contributed by atoms with Gasteiger partial charge in [-0.25, -0.2) is 8.42 Å². The van der Waals surface area contributed by atoms with E-state index in [9.17, 15) is 13.2 Å². The molecule has 8 heteroatoms. The molecule has 1 saturated heterocycles. The number of carbonyl (C=O) groups excluding carboxylic acids is 1. The summed E-state index contributed by atoms with van der Waals surface area (Å²) in [4.78, 5) is 13.4. The smallest absolute Gasteiger partial charge is 0.244 e. The van der Waals surface area contributed by atoms with E-state index >= 15 is 0 Å². The number of nitriles is 1. The first-order chi connectivity index (χ1) is 15.3. The molecule has 32 heavy (non-hydrogen) atoms. The van der Waals surface area contributed by atoms with Crippen LogP contribution in [0.5, 0.6) is 0 Å². The van der Waals surface area contributed by atoms with Gasteiger partial charge in [-0.1, -0.05) is 18.0 Å². The molecule has 5 aliphatic rings. The van der Waals surface area contributed by atoms with Crippen molar-refractivity contribution in [3.63, 3.8) is 0 Å². The number of amides is 1. The Morgan fingerprint density at radius 1 is 1.16 bits per heavy atom. The van der Waals surface area contributed by atoms with Gasteiger partial charge in [0.2, 0.25) is 15.9 Å². The molecule has 4 aliphatic carbocycles. The summed E-state index contributed by atoms with van der Waals surface area (Å²) in [5.41, 5.74) is 0.0933. The van der Waals surface area contributed by atoms with Crippen LogP contribution < -0.4 is 5.32 Å². The van der Waals surface area contributed by atoms with E-state index < -0.39 is 10.0 Å². The Balaban J connectivity index is 1.31. The summed E-state index contributed by atoms with van der Waals surface area (Å²) in [6.45, 7) is 0.754. The predicted octanol–water partition coefficient (Wildman–Crippen LogP) is 4.09. The molecule has 1 aromatic carbocycles. The molecule has 4 saturated carbocycles. The summed E-state index contributed by atoms with van der Waals surface area (Å²) in [6, 6.07) is 5.98. The van der Waals surface area contributed by atoms with Crippen molar-refractivity contribution in [3.8, 4) is 6.07 Å². The fourth-order valence-corrected chi connectivity index (χ4v) is 9.40. The largest absolute Gasteiger partial charge is 0.354 e. The number of benzene rings is 1. The molecule has 4 bridgehead atoms. The van der Waals surface area contributed by atoms with Gasteiger partial charge >= 0.3 is 0 Å². The number of halogens is 1. The lowest BCUT2D eigenvalue weighted by molar-refractivity contribution is -0.146. The minimum absolute atomic E-state index is 0.0254. The van der Waals surface area contributed by atoms with Crippen molar-refractivity contribution >= 4 is 27.5 Å². The van der Waals surface area contributed by atoms with E-state index in [1.807, 2.05) is 6.07 Å². The highest BCUT2D eigenvalue weighted by Crippen LogP contribution is 2.60. The SMILES string of the molecule is N#Cc1ccc(S(=O)(=O)N2CCCCC2CNC(=O)C23CC4CC(CC(C4)C2)C3)c(Cl)c1. The van der Waals surface area contributed by atoms with E-state index in [4.69, 9.17) is 16.9 Å². The molecule has 172 valence electrons. The van der Waals surface area contributed by atoms with Crippen molar-refractivity contribution in [2.24, 2.45) is 23.2 Å². The highest BCUT2D eigenvalue weighted by molar-refractivity contribution is 7.89. The van der Waals surface area contributed by atoms with Crippen molar-refractivity contribution in [2.75, 3.05) is 13.1 Å². The molecular formula is C24H30ClN3O3S. The third-order valence-electron chi connectivity index (χ3n) is 8.24. The van der Waals surface area contributed by atoms with Crippen LogP contribution in [0.25, 0.3) is 0 Å². The number of nitrogens with zero attached hydrogens (tertiary/aromatic N) is 2. The summed E-state index contributed by atoms with van der Waals surface area (Å²) < 4.78 is 28.4. The summed E-state index contributed by atoms with van der Waals surface area (Å²) in [5.74, 6) is 2.21. The van der Waals surface area contributed by atoms with Crippen LogP contribution in [-0.2, 0) is 14.8 Å². The van der Waals surface area contributed by atoms with E-state index in [1.165, 1.54) is 41.8 Å². The Hall–Kier alpha value is -1.62. The molecule has 1 unspecified atom stereocenters. The number of carbonyl (C=O) groups is 1. The molecule has 1 heterocycles. The third-order valence-corrected chi connectivity index (χ3v) is 10.7. The van der Waals surface area contributed by atoms with Crippen molar-refractivity contribution in [3.05, 3.63) is 28.8 Å². The van der Waals surface area contributed by atoms with Crippen LogP contribution in [0.3, 0.4) is 0 Å². The molecule has 0 radical (unpaired) electrons. The van der Waals surface area contributed by atoms with Crippen LogP contribution in [0, 0.1) is 34.5 Å². The lowest BCUT2D eigenvalue weighted by Crippen LogP contribution is -2.56. The standard InChI is InChI=1S/C24H30ClN3O3S/c25-21-10-16(14-26)4-5-22(21)32(30,31)28-6-2-1-3-20(28)15-27-23(29)24-11-17-7-18(12-24)9-19(8-17)13-24/h4-5,10,17-20H,1-3,6-9,11-13,15H2,(H,27,29). The lowest BCUT2D eigenvalue weighted by atomic mass is 9.49. The van der Waals surface area contributed by atoms with Crippen molar-refractivity contribution in [2.45, 2.75) is 68.7 Å². The summed E-state index contributed by atoms with van der Waals surface area (Å²) in [7, 11) is -3.82. The molecule has 1 amide bonds. The summed E-state index contributed by atoms with van der Waals surface area (Å²) in [6.07, 6.45) is 9.28. The molecule has 1 atom stereocenters. The van der Waals surface area contributed by atoms with E-state index in [0.717, 1.165) is 32.1 Å². The molecule has 5 fully saturated rings. The first-order valence-corrected chi connectivity index (χ1v) is 13.6. The number of piperidine rings is 1. The molecule has 1 aromatic rings. The van der Waals surface area contributed by atoms with Gasteiger partial charge in [0.1, 0.15) is 4.90 Å². The van der Waals surface area contributed by atoms with Crippen LogP contribution >= 0.6 is 11.6 Å². The molecule has 1 aliphatic heterocycles. The highest BCUT2D eigenvalue weighted by Gasteiger charge is 2.54. The van der Waals surface area contributed by atoms with E-state index in [0.29, 0.717) is 42.8 Å². The van der Waals surface area contributed by atoms with Gasteiger partial charge < -0.3 is 5.32 Å². The van der Waals surface area contributed by atoms with Crippen LogP contribution in [0.15, 0.2) is 23.1 Å². The maximum atomic E-state index is 13.4. The fraction of sp³-hybridized carbons (Fsp3) is 0.667. The van der Waals surface area contributed by atoms with E-state index in [-0.39, 0.29) is 27.3 Å². The monoisotopic (exact) mass is 475 g/mol. The number of hydrogen-bond acceptors (Lipinski definition) is 4. The van der Waals surface area contributed by atoms with Crippen molar-refractivity contribution in [1.29, 1.82) is 5.26 Å². The number of sulfonamides is 1. The number of nitrogens with one attached hydrogen (secondary N) is 1. The Morgan fingerprint density at radius 3 is 2.41 bits per heavy atom. The minimum atomic E-state index is -3.82. The summed E-state index contributed by atoms with van der Waals surface area (Å²) >= 11 is 6.24. The predicted molar refractivity (Wildman–Crippen MR) is 121 cm³/mol. The zero-order chi connectivity index (χ0) is 22.5. The zero-order valence-corrected chi connectivity index (χ0v) is 19.8. The van der Waals surface area contributed by atoms with E-state index in [1.54, 1.807) is 0 Å². The van der Waals surface area contributed by atoms with Crippen LogP contribution in [0.4, 0.5) is 0 Å². The molecule has 0 aromatic heterocycles. The van der Waals surface area contributed by atoms with Gasteiger partial charge in [0.25, 0.3) is 0 Å². The average molecular weight is 476 g/mol. The van der Waals surface area contributed by atoms with Gasteiger partial charge in [-0.2, -0.15) is 9.57 Å². The summed E-state index contributed by atoms with van der Waals surface area (Å²) in [5, 5.41) is 12.3. The van der Waals surface area contributed by atoms with Crippen molar-refractivity contribution < 1.29 is 13.2 Å². The Kier molecular flexibility index (Phi) is 5.76. The maximum Gasteiger partial charge on any atom is 0.244 e. The van der Waals surface area contributed by atoms with Crippen LogP contribution in [-0.4, -0.2) is 37.8 Å². The van der Waals surface area contributed by atoms with Crippen molar-refractivity contribution in [1.82, 2.24) is 9.62 Å². The van der Waals surface area contributed by atoms with Crippen LogP contribution in [0.2, 0.25) is 5.02 Å². The second kappa shape index (κ2) is 8.30. The third kappa shape index (κ3) is 3.85. The van der Waals surface area contributed by atoms with Crippen LogP contribution in [0.1, 0.15) is 63.4 Å². The zero-order valence-electron chi connectivity index (χ0n) is 18.2. The second-order valence-corrected chi connectivity index (χ2v) is 12.7. The molecular weight excluding hydrogens is 446 g/mol. The fourth-order valence-electron chi connectivity index (χ4n) is 7.19. The first kappa shape index (κ1) is 22.2. The highest BCUT2D eigenvalue weighted by atomic mass is 35.5. The Labute approximate surface area is 195 Å². The molecule has 6 nitrogen and oxygen atoms in total. The Morgan fingerprint density at radius 2 is 1.81 bits per heavy atom. The average Bonchev–Trinajstić information content (AvgIpc) is 2.76. The van der Waals surface area contributed by atoms with E-state index in [2.05, 4.69) is 5.32 Å². The Bertz CT molecular complexity index is 1030.